The van der Waals surface area contributed by atoms with Crippen molar-refractivity contribution in [3.63, 3.8) is 0 Å². The number of carbonyl (C=O) groups excluding carboxylic acids is 1. The Hall–Kier alpha value is -1.56. The first-order chi connectivity index (χ1) is 8.99. The van der Waals surface area contributed by atoms with E-state index in [1.165, 1.54) is 18.2 Å². The number of benzene rings is 1. The molecule has 5 nitrogen and oxygen atoms in total. The maximum atomic E-state index is 11.6. The Morgan fingerprint density at radius 3 is 2.53 bits per heavy atom. The minimum atomic E-state index is -1.02. The van der Waals surface area contributed by atoms with Crippen LogP contribution in [0, 0.1) is 0 Å². The molecule has 0 saturated heterocycles. The second-order valence-corrected chi connectivity index (χ2v) is 4.57. The van der Waals surface area contributed by atoms with Crippen LogP contribution in [-0.4, -0.2) is 29.8 Å². The number of carboxylic acids is 1. The minimum Gasteiger partial charge on any atom is -0.478 e. The zero-order valence-electron chi connectivity index (χ0n) is 10.7. The van der Waals surface area contributed by atoms with Gasteiger partial charge in [-0.2, -0.15) is 0 Å². The smallest absolute Gasteiger partial charge is 0.347 e. The van der Waals surface area contributed by atoms with Gasteiger partial charge in [-0.25, -0.2) is 9.59 Å². The molecule has 6 heteroatoms. The van der Waals surface area contributed by atoms with Crippen LogP contribution in [0.4, 0.5) is 0 Å². The molecular formula is C13H15BrO5. The second-order valence-electron chi connectivity index (χ2n) is 3.72. The topological polar surface area (TPSA) is 72.8 Å². The van der Waals surface area contributed by atoms with Crippen molar-refractivity contribution in [3.8, 4) is 5.75 Å². The van der Waals surface area contributed by atoms with Crippen molar-refractivity contribution >= 4 is 27.9 Å². The van der Waals surface area contributed by atoms with Gasteiger partial charge in [0.1, 0.15) is 5.75 Å². The zero-order chi connectivity index (χ0) is 14.4. The average Bonchev–Trinajstić information content (AvgIpc) is 2.37. The Bertz CT molecular complexity index is 472. The molecule has 1 rings (SSSR count). The first kappa shape index (κ1) is 15.5. The number of rotatable bonds is 6. The molecule has 1 aromatic rings. The van der Waals surface area contributed by atoms with Crippen molar-refractivity contribution in [2.75, 3.05) is 6.61 Å². The van der Waals surface area contributed by atoms with Gasteiger partial charge in [0.25, 0.3) is 0 Å². The lowest BCUT2D eigenvalue weighted by molar-refractivity contribution is -0.151. The summed E-state index contributed by atoms with van der Waals surface area (Å²) in [5.74, 6) is -1.05. The number of hydrogen-bond acceptors (Lipinski definition) is 4. The summed E-state index contributed by atoms with van der Waals surface area (Å²) in [4.78, 5) is 22.4. The minimum absolute atomic E-state index is 0.142. The number of ether oxygens (including phenoxy) is 2. The number of hydrogen-bond donors (Lipinski definition) is 1. The van der Waals surface area contributed by atoms with E-state index in [4.69, 9.17) is 14.6 Å². The standard InChI is InChI=1S/C13H15BrO5/c1-3-10(13(17)18-4-2)19-11-6-5-8(12(15)16)7-9(11)14/h5-7,10H,3-4H2,1-2H3,(H,15,16). The number of esters is 1. The Morgan fingerprint density at radius 2 is 2.05 bits per heavy atom. The van der Waals surface area contributed by atoms with Crippen molar-refractivity contribution in [3.05, 3.63) is 28.2 Å². The molecule has 1 aromatic carbocycles. The summed E-state index contributed by atoms with van der Waals surface area (Å²) in [6, 6.07) is 4.35. The molecule has 0 aliphatic rings. The molecule has 0 heterocycles. The Morgan fingerprint density at radius 1 is 1.37 bits per heavy atom. The van der Waals surface area contributed by atoms with E-state index in [0.29, 0.717) is 16.6 Å². The highest BCUT2D eigenvalue weighted by atomic mass is 79.9. The average molecular weight is 331 g/mol. The third kappa shape index (κ3) is 4.24. The van der Waals surface area contributed by atoms with E-state index < -0.39 is 18.0 Å². The normalized spacial score (nSPS) is 11.7. The Kier molecular flexibility index (Phi) is 5.82. The lowest BCUT2D eigenvalue weighted by Crippen LogP contribution is -2.28. The predicted octanol–water partition coefficient (Wildman–Crippen LogP) is 2.87. The molecule has 104 valence electrons. The van der Waals surface area contributed by atoms with Crippen LogP contribution in [-0.2, 0) is 9.53 Å². The number of carboxylic acid groups (broad SMARTS) is 1. The fraction of sp³-hybridized carbons (Fsp3) is 0.385. The van der Waals surface area contributed by atoms with E-state index in [-0.39, 0.29) is 12.2 Å². The van der Waals surface area contributed by atoms with E-state index in [9.17, 15) is 9.59 Å². The monoisotopic (exact) mass is 330 g/mol. The largest absolute Gasteiger partial charge is 0.478 e. The summed E-state index contributed by atoms with van der Waals surface area (Å²) < 4.78 is 10.9. The molecule has 0 saturated carbocycles. The highest BCUT2D eigenvalue weighted by Crippen LogP contribution is 2.27. The summed E-state index contributed by atoms with van der Waals surface area (Å²) >= 11 is 3.22. The molecule has 0 aliphatic carbocycles. The second kappa shape index (κ2) is 7.13. The molecule has 0 bridgehead atoms. The summed E-state index contributed by atoms with van der Waals surface area (Å²) in [7, 11) is 0. The van der Waals surface area contributed by atoms with Crippen LogP contribution >= 0.6 is 15.9 Å². The van der Waals surface area contributed by atoms with Crippen LogP contribution in [0.5, 0.6) is 5.75 Å². The molecule has 19 heavy (non-hydrogen) atoms. The van der Waals surface area contributed by atoms with Gasteiger partial charge in [0, 0.05) is 0 Å². The molecule has 0 amide bonds. The van der Waals surface area contributed by atoms with Gasteiger partial charge >= 0.3 is 11.9 Å². The quantitative estimate of drug-likeness (QED) is 0.812. The van der Waals surface area contributed by atoms with Gasteiger partial charge in [-0.15, -0.1) is 0 Å². The van der Waals surface area contributed by atoms with Gasteiger partial charge in [0.15, 0.2) is 6.10 Å². The fourth-order valence-electron chi connectivity index (χ4n) is 1.42. The van der Waals surface area contributed by atoms with Crippen LogP contribution in [0.1, 0.15) is 30.6 Å². The van der Waals surface area contributed by atoms with Gasteiger partial charge < -0.3 is 14.6 Å². The van der Waals surface area contributed by atoms with Crippen LogP contribution in [0.25, 0.3) is 0 Å². The lowest BCUT2D eigenvalue weighted by atomic mass is 10.2. The van der Waals surface area contributed by atoms with Crippen LogP contribution in [0.2, 0.25) is 0 Å². The first-order valence-electron chi connectivity index (χ1n) is 5.85. The summed E-state index contributed by atoms with van der Waals surface area (Å²) in [6.45, 7) is 3.82. The lowest BCUT2D eigenvalue weighted by Gasteiger charge is -2.17. The molecule has 0 aromatic heterocycles. The summed E-state index contributed by atoms with van der Waals surface area (Å²) in [6.07, 6.45) is -0.238. The van der Waals surface area contributed by atoms with E-state index >= 15 is 0 Å². The van der Waals surface area contributed by atoms with E-state index in [1.807, 2.05) is 0 Å². The van der Waals surface area contributed by atoms with Crippen LogP contribution in [0.3, 0.4) is 0 Å². The third-order valence-corrected chi connectivity index (χ3v) is 2.99. The van der Waals surface area contributed by atoms with E-state index in [2.05, 4.69) is 15.9 Å². The molecule has 0 aliphatic heterocycles. The third-order valence-electron chi connectivity index (χ3n) is 2.37. The van der Waals surface area contributed by atoms with Gasteiger partial charge in [-0.3, -0.25) is 0 Å². The number of carbonyl (C=O) groups is 2. The van der Waals surface area contributed by atoms with Gasteiger partial charge in [-0.1, -0.05) is 6.92 Å². The molecule has 0 spiro atoms. The maximum absolute atomic E-state index is 11.6. The van der Waals surface area contributed by atoms with Crippen molar-refractivity contribution < 1.29 is 24.2 Å². The molecule has 0 radical (unpaired) electrons. The van der Waals surface area contributed by atoms with Crippen molar-refractivity contribution in [2.45, 2.75) is 26.4 Å². The maximum Gasteiger partial charge on any atom is 0.347 e. The van der Waals surface area contributed by atoms with Crippen molar-refractivity contribution in [1.29, 1.82) is 0 Å². The van der Waals surface area contributed by atoms with Crippen LogP contribution < -0.4 is 4.74 Å². The first-order valence-corrected chi connectivity index (χ1v) is 6.65. The van der Waals surface area contributed by atoms with Crippen LogP contribution in [0.15, 0.2) is 22.7 Å². The Balaban J connectivity index is 2.86. The molecule has 1 unspecified atom stereocenters. The highest BCUT2D eigenvalue weighted by molar-refractivity contribution is 9.10. The van der Waals surface area contributed by atoms with Crippen molar-refractivity contribution in [1.82, 2.24) is 0 Å². The summed E-state index contributed by atoms with van der Waals surface area (Å²) in [5.41, 5.74) is 0.142. The van der Waals surface area contributed by atoms with Gasteiger partial charge in [0.2, 0.25) is 0 Å². The van der Waals surface area contributed by atoms with E-state index in [1.54, 1.807) is 13.8 Å². The molecule has 0 fully saturated rings. The summed E-state index contributed by atoms with van der Waals surface area (Å²) in [5, 5.41) is 8.85. The zero-order valence-corrected chi connectivity index (χ0v) is 12.3. The predicted molar refractivity (Wildman–Crippen MR) is 72.4 cm³/mol. The Labute approximate surface area is 119 Å². The van der Waals surface area contributed by atoms with Gasteiger partial charge in [-0.05, 0) is 47.5 Å². The van der Waals surface area contributed by atoms with Gasteiger partial charge in [0.05, 0.1) is 16.6 Å². The highest BCUT2D eigenvalue weighted by Gasteiger charge is 2.21. The fourth-order valence-corrected chi connectivity index (χ4v) is 1.89. The molecule has 1 N–H and O–H groups in total. The number of aromatic carboxylic acids is 1. The van der Waals surface area contributed by atoms with Crippen molar-refractivity contribution in [2.24, 2.45) is 0 Å². The molecule has 1 atom stereocenters. The van der Waals surface area contributed by atoms with E-state index in [0.717, 1.165) is 0 Å². The number of halogens is 1. The SMILES string of the molecule is CCOC(=O)C(CC)Oc1ccc(C(=O)O)cc1Br. The molecular weight excluding hydrogens is 316 g/mol.